The predicted molar refractivity (Wildman–Crippen MR) is 217 cm³/mol. The summed E-state index contributed by atoms with van der Waals surface area (Å²) in [5, 5.41) is 14.3. The van der Waals surface area contributed by atoms with E-state index in [9.17, 15) is 43.3 Å². The molecule has 6 aromatic carbocycles. The summed E-state index contributed by atoms with van der Waals surface area (Å²) >= 11 is 0. The van der Waals surface area contributed by atoms with Crippen LogP contribution < -0.4 is 18.1 Å². The van der Waals surface area contributed by atoms with Crippen LogP contribution in [0.25, 0.3) is 11.1 Å². The molecule has 6 aromatic rings. The maximum absolute atomic E-state index is 13.8. The second kappa shape index (κ2) is 13.9. The van der Waals surface area contributed by atoms with E-state index in [2.05, 4.69) is 10.6 Å². The first-order valence-corrected chi connectivity index (χ1v) is 23.0. The van der Waals surface area contributed by atoms with Crippen LogP contribution in [0.4, 0.5) is 22.7 Å². The summed E-state index contributed by atoms with van der Waals surface area (Å²) in [6, 6.07) is 32.2. The SMILES string of the molecule is Cc1cc(-c2ccc3c(c2)S(=O)(=O)N(c2ccc(NC(=O)c4ccc(C#N)cc4)cc2)S3(=O)=O)ccc1C(=O)Nc1ccc(N2S(=O)(=O)c3ccccc3S2(=O)=O)cc1. The lowest BCUT2D eigenvalue weighted by molar-refractivity contribution is 0.101. The summed E-state index contributed by atoms with van der Waals surface area (Å²) < 4.78 is 108. The third-order valence-electron chi connectivity index (χ3n) is 9.53. The molecule has 19 heteroatoms. The minimum Gasteiger partial charge on any atom is -0.322 e. The maximum atomic E-state index is 13.8. The molecule has 0 aliphatic carbocycles. The van der Waals surface area contributed by atoms with Crippen molar-refractivity contribution in [1.29, 1.82) is 5.26 Å². The number of hydrogen-bond acceptors (Lipinski definition) is 11. The van der Waals surface area contributed by atoms with Crippen LogP contribution >= 0.6 is 0 Å². The van der Waals surface area contributed by atoms with Crippen molar-refractivity contribution in [1.82, 2.24) is 0 Å². The number of carbonyl (C=O) groups excluding carboxylic acids is 2. The van der Waals surface area contributed by atoms with Crippen LogP contribution in [0.5, 0.6) is 0 Å². The smallest absolute Gasteiger partial charge is 0.279 e. The Bertz CT molecular complexity index is 3220. The van der Waals surface area contributed by atoms with Gasteiger partial charge in [0.1, 0.15) is 19.6 Å². The molecule has 0 unspecified atom stereocenters. The molecule has 59 heavy (non-hydrogen) atoms. The van der Waals surface area contributed by atoms with E-state index in [1.54, 1.807) is 19.1 Å². The molecule has 2 amide bonds. The van der Waals surface area contributed by atoms with Crippen LogP contribution in [-0.2, 0) is 40.1 Å². The Morgan fingerprint density at radius 1 is 0.508 bits per heavy atom. The Morgan fingerprint density at radius 2 is 0.949 bits per heavy atom. The molecule has 296 valence electrons. The number of amides is 2. The van der Waals surface area contributed by atoms with Crippen molar-refractivity contribution in [3.8, 4) is 17.2 Å². The molecule has 0 fully saturated rings. The molecule has 0 saturated carbocycles. The normalized spacial score (nSPS) is 16.3. The maximum Gasteiger partial charge on any atom is 0.279 e. The number of fused-ring (bicyclic) bond motifs is 2. The summed E-state index contributed by atoms with van der Waals surface area (Å²) in [7, 11) is -18.0. The van der Waals surface area contributed by atoms with E-state index in [0.29, 0.717) is 29.7 Å². The lowest BCUT2D eigenvalue weighted by Gasteiger charge is -2.17. The Hall–Kier alpha value is -6.85. The van der Waals surface area contributed by atoms with Gasteiger partial charge in [-0.25, -0.2) is 0 Å². The van der Waals surface area contributed by atoms with Crippen LogP contribution in [0.3, 0.4) is 0 Å². The molecule has 2 aliphatic heterocycles. The van der Waals surface area contributed by atoms with E-state index in [1.807, 2.05) is 6.07 Å². The average molecular weight is 866 g/mol. The van der Waals surface area contributed by atoms with Gasteiger partial charge < -0.3 is 10.6 Å². The minimum atomic E-state index is -4.63. The van der Waals surface area contributed by atoms with Gasteiger partial charge in [-0.3, -0.25) is 9.59 Å². The molecule has 0 atom stereocenters. The first kappa shape index (κ1) is 39.0. The van der Waals surface area contributed by atoms with E-state index >= 15 is 0 Å². The van der Waals surface area contributed by atoms with Gasteiger partial charge in [-0.2, -0.15) is 46.4 Å². The van der Waals surface area contributed by atoms with Gasteiger partial charge in [-0.15, -0.1) is 0 Å². The number of nitriles is 1. The Labute approximate surface area is 339 Å². The minimum absolute atomic E-state index is 0.146. The van der Waals surface area contributed by atoms with E-state index in [0.717, 1.165) is 0 Å². The zero-order chi connectivity index (χ0) is 42.1. The third-order valence-corrected chi connectivity index (χ3v) is 18.4. The topological polar surface area (TPSA) is 225 Å². The predicted octanol–water partition coefficient (Wildman–Crippen LogP) is 5.83. The van der Waals surface area contributed by atoms with Crippen molar-refractivity contribution in [3.05, 3.63) is 156 Å². The van der Waals surface area contributed by atoms with Crippen molar-refractivity contribution >= 4 is 74.7 Å². The summed E-state index contributed by atoms with van der Waals surface area (Å²) in [6.45, 7) is 1.65. The molecule has 0 aromatic heterocycles. The summed E-state index contributed by atoms with van der Waals surface area (Å²) in [6.07, 6.45) is 0. The molecular weight excluding hydrogens is 839 g/mol. The molecule has 8 rings (SSSR count). The summed E-state index contributed by atoms with van der Waals surface area (Å²) in [4.78, 5) is 24.4. The second-order valence-corrected chi connectivity index (χ2v) is 20.7. The van der Waals surface area contributed by atoms with Gasteiger partial charge in [0, 0.05) is 22.5 Å². The molecule has 2 aliphatic rings. The molecule has 2 N–H and O–H groups in total. The van der Waals surface area contributed by atoms with Crippen molar-refractivity contribution < 1.29 is 43.3 Å². The molecule has 15 nitrogen and oxygen atoms in total. The highest BCUT2D eigenvalue weighted by atomic mass is 32.3. The van der Waals surface area contributed by atoms with E-state index < -0.39 is 61.7 Å². The van der Waals surface area contributed by atoms with Crippen LogP contribution in [-0.4, -0.2) is 45.5 Å². The number of nitrogens with one attached hydrogen (secondary N) is 2. The van der Waals surface area contributed by atoms with Crippen molar-refractivity contribution in [3.63, 3.8) is 0 Å². The van der Waals surface area contributed by atoms with Crippen LogP contribution in [0, 0.1) is 18.3 Å². The zero-order valence-corrected chi connectivity index (χ0v) is 33.5. The standard InChI is InChI=1S/C40H27N5O10S4/c1-25-22-28(10-20-34(25)40(47)43-31-14-18-32(19-15-31)44-56(48,49)35-4-2-3-5-36(35)57(44,50)51)29-11-21-37-38(23-29)59(54,55)45(58(37,52)53)33-16-12-30(13-17-33)42-39(46)27-8-6-26(24-41)7-9-27/h2-23H,1H3,(H,42,46)(H,43,47). The monoisotopic (exact) mass is 865 g/mol. The Balaban J connectivity index is 0.986. The first-order valence-electron chi connectivity index (χ1n) is 17.2. The van der Waals surface area contributed by atoms with Crippen molar-refractivity contribution in [2.45, 2.75) is 26.5 Å². The lowest BCUT2D eigenvalue weighted by Crippen LogP contribution is -2.30. The fourth-order valence-corrected chi connectivity index (χ4v) is 15.6. The second-order valence-electron chi connectivity index (χ2n) is 13.2. The van der Waals surface area contributed by atoms with Crippen LogP contribution in [0.15, 0.2) is 153 Å². The first-order chi connectivity index (χ1) is 27.9. The van der Waals surface area contributed by atoms with Crippen LogP contribution in [0.2, 0.25) is 0 Å². The van der Waals surface area contributed by atoms with Gasteiger partial charge in [0.25, 0.3) is 51.9 Å². The number of rotatable bonds is 7. The highest BCUT2D eigenvalue weighted by molar-refractivity contribution is 8.13. The molecule has 0 bridgehead atoms. The van der Waals surface area contributed by atoms with Crippen molar-refractivity contribution in [2.24, 2.45) is 0 Å². The largest absolute Gasteiger partial charge is 0.322 e. The van der Waals surface area contributed by atoms with Crippen LogP contribution in [0.1, 0.15) is 31.8 Å². The quantitative estimate of drug-likeness (QED) is 0.194. The van der Waals surface area contributed by atoms with Gasteiger partial charge in [0.2, 0.25) is 0 Å². The number of sulfonamides is 4. The summed E-state index contributed by atoms with van der Waals surface area (Å²) in [5.74, 6) is -1.04. The fourth-order valence-electron chi connectivity index (χ4n) is 6.68. The average Bonchev–Trinajstić information content (AvgIpc) is 3.48. The summed E-state index contributed by atoms with van der Waals surface area (Å²) in [5.41, 5.74) is 2.37. The number of nitrogens with zero attached hydrogens (tertiary/aromatic N) is 3. The third kappa shape index (κ3) is 6.47. The van der Waals surface area contributed by atoms with Crippen molar-refractivity contribution in [2.75, 3.05) is 18.1 Å². The highest BCUT2D eigenvalue weighted by Crippen LogP contribution is 2.43. The Kier molecular flexibility index (Phi) is 9.20. The zero-order valence-electron chi connectivity index (χ0n) is 30.3. The van der Waals surface area contributed by atoms with E-state index in [-0.39, 0.29) is 43.7 Å². The Morgan fingerprint density at radius 3 is 1.44 bits per heavy atom. The number of carbonyl (C=O) groups is 2. The highest BCUT2D eigenvalue weighted by Gasteiger charge is 2.48. The van der Waals surface area contributed by atoms with Gasteiger partial charge in [0.05, 0.1) is 23.0 Å². The number of hydrogen-bond donors (Lipinski definition) is 2. The van der Waals surface area contributed by atoms with Gasteiger partial charge >= 0.3 is 0 Å². The lowest BCUT2D eigenvalue weighted by atomic mass is 9.99. The number of anilines is 4. The van der Waals surface area contributed by atoms with E-state index in [1.165, 1.54) is 121 Å². The number of aryl methyl sites for hydroxylation is 1. The fraction of sp³-hybridized carbons (Fsp3) is 0.0250. The molecule has 2 heterocycles. The van der Waals surface area contributed by atoms with Gasteiger partial charge in [-0.1, -0.05) is 30.3 Å². The van der Waals surface area contributed by atoms with Gasteiger partial charge in [-0.05, 0) is 127 Å². The molecule has 0 spiro atoms. The van der Waals surface area contributed by atoms with E-state index in [4.69, 9.17) is 5.26 Å². The number of benzene rings is 6. The molecule has 0 radical (unpaired) electrons. The molecule has 0 saturated heterocycles. The molecular formula is C40H27N5O10S4. The van der Waals surface area contributed by atoms with Gasteiger partial charge in [0.15, 0.2) is 0 Å².